The topological polar surface area (TPSA) is 26.0 Å². The van der Waals surface area contributed by atoms with Gasteiger partial charge in [-0.1, -0.05) is 0 Å². The number of nitrogens with two attached hydrogens (primary N) is 1. The maximum Gasteiger partial charge on any atom is 0.0343 e. The van der Waals surface area contributed by atoms with Gasteiger partial charge >= 0.3 is 0 Å². The normalized spacial score (nSPS) is 70.2. The van der Waals surface area contributed by atoms with E-state index in [0.29, 0.717) is 10.8 Å². The first-order chi connectivity index (χ1) is 4.74. The zero-order valence-corrected chi connectivity index (χ0v) is 6.85. The van der Waals surface area contributed by atoms with E-state index in [9.17, 15) is 0 Å². The summed E-state index contributed by atoms with van der Waals surface area (Å²) in [5, 5.41) is 0. The first-order valence-electron chi connectivity index (χ1n) is 4.22. The Morgan fingerprint density at radius 3 is 2.40 bits per heavy atom. The van der Waals surface area contributed by atoms with Crippen molar-refractivity contribution in [2.24, 2.45) is 23.5 Å². The van der Waals surface area contributed by atoms with Crippen LogP contribution in [-0.4, -0.2) is 10.8 Å². The van der Waals surface area contributed by atoms with Crippen molar-refractivity contribution in [3.05, 3.63) is 0 Å². The monoisotopic (exact) mass is 155 g/mol. The van der Waals surface area contributed by atoms with Gasteiger partial charge in [0.15, 0.2) is 0 Å². The van der Waals surface area contributed by atoms with E-state index in [-0.39, 0.29) is 0 Å². The van der Waals surface area contributed by atoms with Crippen molar-refractivity contribution in [2.45, 2.75) is 30.1 Å². The third-order valence-corrected chi connectivity index (χ3v) is 5.13. The quantitative estimate of drug-likeness (QED) is 0.502. The third-order valence-electron chi connectivity index (χ3n) is 4.13. The molecule has 0 aliphatic heterocycles. The van der Waals surface area contributed by atoms with Crippen LogP contribution < -0.4 is 5.73 Å². The zero-order valence-electron chi connectivity index (χ0n) is 5.96. The van der Waals surface area contributed by atoms with E-state index < -0.39 is 0 Å². The fraction of sp³-hybridized carbons (Fsp3) is 1.00. The average molecular weight is 155 g/mol. The van der Waals surface area contributed by atoms with Crippen LogP contribution in [0.25, 0.3) is 0 Å². The molecule has 2 N–H and O–H groups in total. The Balaban J connectivity index is 1.90. The summed E-state index contributed by atoms with van der Waals surface area (Å²) in [5.74, 6) is 2.85. The largest absolute Gasteiger partial charge is 0.326 e. The Morgan fingerprint density at radius 2 is 2.10 bits per heavy atom. The van der Waals surface area contributed by atoms with Crippen LogP contribution in [0.4, 0.5) is 0 Å². The van der Waals surface area contributed by atoms with Gasteiger partial charge in [0.05, 0.1) is 0 Å². The molecule has 2 heteroatoms. The van der Waals surface area contributed by atoms with E-state index in [1.165, 1.54) is 19.3 Å². The van der Waals surface area contributed by atoms with Crippen LogP contribution in [0, 0.1) is 17.8 Å². The molecule has 0 heterocycles. The number of hydrogen-bond acceptors (Lipinski definition) is 2. The molecule has 0 saturated heterocycles. The fourth-order valence-electron chi connectivity index (χ4n) is 3.30. The summed E-state index contributed by atoms with van der Waals surface area (Å²) in [7, 11) is 0. The van der Waals surface area contributed by atoms with E-state index in [2.05, 4.69) is 0 Å². The third kappa shape index (κ3) is 0.356. The number of fused-ring (bicyclic) bond motifs is 4. The van der Waals surface area contributed by atoms with Gasteiger partial charge in [0.1, 0.15) is 0 Å². The fourth-order valence-corrected chi connectivity index (χ4v) is 4.02. The molecule has 3 saturated carbocycles. The Bertz CT molecular complexity index is 186. The van der Waals surface area contributed by atoms with E-state index in [0.717, 1.165) is 17.8 Å². The summed E-state index contributed by atoms with van der Waals surface area (Å²) in [4.78, 5) is 0. The molecule has 0 aromatic heterocycles. The van der Waals surface area contributed by atoms with Crippen molar-refractivity contribution < 1.29 is 0 Å². The summed E-state index contributed by atoms with van der Waals surface area (Å²) in [6, 6.07) is 0.419. The van der Waals surface area contributed by atoms with Crippen LogP contribution in [-0.2, 0) is 0 Å². The van der Waals surface area contributed by atoms with Crippen molar-refractivity contribution in [3.63, 3.8) is 0 Å². The molecule has 56 valence electrons. The molecule has 5 unspecified atom stereocenters. The van der Waals surface area contributed by atoms with E-state index >= 15 is 0 Å². The molecule has 1 nitrogen and oxygen atoms in total. The highest BCUT2D eigenvalue weighted by molar-refractivity contribution is 7.82. The van der Waals surface area contributed by atoms with Crippen LogP contribution in [0.2, 0.25) is 0 Å². The van der Waals surface area contributed by atoms with Crippen molar-refractivity contribution in [2.75, 3.05) is 0 Å². The zero-order chi connectivity index (χ0) is 6.93. The Kier molecular flexibility index (Phi) is 0.835. The maximum atomic E-state index is 5.91. The lowest BCUT2D eigenvalue weighted by Crippen LogP contribution is -2.78. The second kappa shape index (κ2) is 1.42. The molecule has 0 aromatic rings. The van der Waals surface area contributed by atoms with Gasteiger partial charge < -0.3 is 5.73 Å². The molecular formula is C8H13NS. The molecule has 3 aliphatic rings. The Labute approximate surface area is 66.8 Å². The summed E-state index contributed by atoms with van der Waals surface area (Å²) in [6.07, 6.45) is 4.12. The molecule has 3 rings (SSSR count). The summed E-state index contributed by atoms with van der Waals surface area (Å²) < 4.78 is 0.308. The lowest BCUT2D eigenvalue weighted by molar-refractivity contribution is -0.148. The van der Waals surface area contributed by atoms with Crippen molar-refractivity contribution >= 4 is 12.6 Å². The second-order valence-electron chi connectivity index (χ2n) is 4.18. The summed E-state index contributed by atoms with van der Waals surface area (Å²) in [6.45, 7) is 0. The molecule has 0 aromatic carbocycles. The highest BCUT2D eigenvalue weighted by atomic mass is 32.1. The van der Waals surface area contributed by atoms with Gasteiger partial charge in [-0.3, -0.25) is 0 Å². The minimum atomic E-state index is 0.308. The lowest BCUT2D eigenvalue weighted by atomic mass is 9.37. The van der Waals surface area contributed by atoms with E-state index in [4.69, 9.17) is 18.4 Å². The summed E-state index contributed by atoms with van der Waals surface area (Å²) in [5.41, 5.74) is 5.91. The lowest BCUT2D eigenvalue weighted by Gasteiger charge is -2.74. The van der Waals surface area contributed by atoms with Gasteiger partial charge in [0.25, 0.3) is 0 Å². The summed E-state index contributed by atoms with van der Waals surface area (Å²) >= 11 is 4.70. The predicted molar refractivity (Wildman–Crippen MR) is 44.0 cm³/mol. The van der Waals surface area contributed by atoms with Crippen molar-refractivity contribution in [1.82, 2.24) is 0 Å². The molecule has 0 bridgehead atoms. The molecule has 0 spiro atoms. The first kappa shape index (κ1) is 5.90. The minimum Gasteiger partial charge on any atom is -0.326 e. The Hall–Kier alpha value is 0.310. The van der Waals surface area contributed by atoms with Crippen LogP contribution in [0.3, 0.4) is 0 Å². The molecule has 5 atom stereocenters. The van der Waals surface area contributed by atoms with E-state index in [1.54, 1.807) is 0 Å². The highest BCUT2D eigenvalue weighted by Gasteiger charge is 2.71. The molecule has 0 amide bonds. The van der Waals surface area contributed by atoms with Gasteiger partial charge in [0, 0.05) is 10.8 Å². The van der Waals surface area contributed by atoms with Crippen LogP contribution in [0.15, 0.2) is 0 Å². The smallest absolute Gasteiger partial charge is 0.0343 e. The SMILES string of the molecule is NC1CC2C3CCC3C12S. The predicted octanol–water partition coefficient (Wildman–Crippen LogP) is 1.04. The average Bonchev–Trinajstić information content (AvgIpc) is 1.85. The number of rotatable bonds is 0. The van der Waals surface area contributed by atoms with Crippen LogP contribution in [0.1, 0.15) is 19.3 Å². The van der Waals surface area contributed by atoms with E-state index in [1.807, 2.05) is 0 Å². The van der Waals surface area contributed by atoms with Gasteiger partial charge in [-0.05, 0) is 37.0 Å². The Morgan fingerprint density at radius 1 is 1.30 bits per heavy atom. The van der Waals surface area contributed by atoms with Gasteiger partial charge in [-0.2, -0.15) is 12.6 Å². The second-order valence-corrected chi connectivity index (χ2v) is 4.96. The molecular weight excluding hydrogens is 142 g/mol. The van der Waals surface area contributed by atoms with Crippen LogP contribution in [0.5, 0.6) is 0 Å². The highest BCUT2D eigenvalue weighted by Crippen LogP contribution is 2.71. The van der Waals surface area contributed by atoms with Crippen LogP contribution >= 0.6 is 12.6 Å². The van der Waals surface area contributed by atoms with Crippen molar-refractivity contribution in [3.8, 4) is 0 Å². The number of thiol groups is 1. The molecule has 3 fully saturated rings. The number of hydrogen-bond donors (Lipinski definition) is 2. The first-order valence-corrected chi connectivity index (χ1v) is 4.67. The molecule has 10 heavy (non-hydrogen) atoms. The van der Waals surface area contributed by atoms with Crippen molar-refractivity contribution in [1.29, 1.82) is 0 Å². The minimum absolute atomic E-state index is 0.308. The van der Waals surface area contributed by atoms with Gasteiger partial charge in [-0.25, -0.2) is 0 Å². The molecule has 0 radical (unpaired) electrons. The van der Waals surface area contributed by atoms with Gasteiger partial charge in [0.2, 0.25) is 0 Å². The maximum absolute atomic E-state index is 5.91. The standard InChI is InChI=1S/C8H13NS/c9-7-3-6-4-1-2-5(4)8(6,7)10/h4-7,10H,1-3,9H2. The van der Waals surface area contributed by atoms with Gasteiger partial charge in [-0.15, -0.1) is 0 Å². The molecule has 3 aliphatic carbocycles.